The molecule has 4 saturated heterocycles. The Kier molecular flexibility index (Phi) is 29.9. The predicted octanol–water partition coefficient (Wildman–Crippen LogP) is -3.66. The van der Waals surface area contributed by atoms with Crippen LogP contribution in [0.5, 0.6) is 0 Å². The van der Waals surface area contributed by atoms with Gasteiger partial charge in [0.05, 0.1) is 40.2 Å². The topological polar surface area (TPSA) is 205 Å². The Morgan fingerprint density at radius 2 is 1.24 bits per heavy atom. The Labute approximate surface area is 415 Å². The third-order valence-electron chi connectivity index (χ3n) is 6.80. The van der Waals surface area contributed by atoms with Gasteiger partial charge in [0.1, 0.15) is 36.6 Å². The molecule has 0 saturated carbocycles. The van der Waals surface area contributed by atoms with Crippen molar-refractivity contribution < 1.29 is 220 Å². The first-order valence-corrected chi connectivity index (χ1v) is 19.8. The van der Waals surface area contributed by atoms with E-state index in [2.05, 4.69) is 11.5 Å². The molecule has 0 radical (unpaired) electrons. The van der Waals surface area contributed by atoms with Crippen molar-refractivity contribution in [3.8, 4) is 0 Å². The molecule has 21 heteroatoms. The van der Waals surface area contributed by atoms with Crippen LogP contribution in [0.3, 0.4) is 0 Å². The van der Waals surface area contributed by atoms with E-state index in [4.69, 9.17) is 66.8 Å². The minimum absolute atomic E-state index is 0. The van der Waals surface area contributed by atoms with Gasteiger partial charge < -0.3 is 72.9 Å². The van der Waals surface area contributed by atoms with E-state index in [0.717, 1.165) is 0 Å². The quantitative estimate of drug-likeness (QED) is 0.0586. The van der Waals surface area contributed by atoms with Crippen molar-refractivity contribution in [2.45, 2.75) is 102 Å². The zero-order chi connectivity index (χ0) is 36.8. The molecule has 50 heavy (non-hydrogen) atoms. The maximum Gasteiger partial charge on any atom is 1.00 e. The van der Waals surface area contributed by atoms with Gasteiger partial charge in [-0.25, -0.2) is 0 Å². The Morgan fingerprint density at radius 1 is 0.840 bits per heavy atom. The zero-order valence-corrected chi connectivity index (χ0v) is 45.9. The molecule has 4 rings (SSSR count). The van der Waals surface area contributed by atoms with Crippen LogP contribution in [0.4, 0.5) is 0 Å². The number of aliphatic hydroxyl groups excluding tert-OH is 1. The molecule has 1 N–H and O–H groups in total. The molecule has 0 spiro atoms. The van der Waals surface area contributed by atoms with Gasteiger partial charge in [-0.15, -0.1) is 0 Å². The third kappa shape index (κ3) is 19.6. The minimum Gasteiger partial charge on any atom is -1.00 e. The summed E-state index contributed by atoms with van der Waals surface area (Å²) in [4.78, 5) is 11.2. The van der Waals surface area contributed by atoms with E-state index >= 15 is 0 Å². The van der Waals surface area contributed by atoms with E-state index in [-0.39, 0.29) is 189 Å². The van der Waals surface area contributed by atoms with Crippen LogP contribution in [-0.2, 0) is 70.5 Å². The van der Waals surface area contributed by atoms with Crippen molar-refractivity contribution in [3.05, 3.63) is 12.4 Å². The summed E-state index contributed by atoms with van der Waals surface area (Å²) in [7, 11) is -1.83. The van der Waals surface area contributed by atoms with E-state index in [0.29, 0.717) is 32.6 Å². The van der Waals surface area contributed by atoms with Crippen LogP contribution in [0.1, 0.15) is 43.0 Å². The molecule has 0 amide bonds. The Balaban J connectivity index is -0.000000656. The maximum atomic E-state index is 11.6. The molecule has 2 unspecified atom stereocenters. The number of carbonyl (C=O) groups excluding carboxylic acids is 1. The average Bonchev–Trinajstić information content (AvgIpc) is 3.71. The third-order valence-corrected chi connectivity index (χ3v) is 9.74. The minimum atomic E-state index is -2.94. The van der Waals surface area contributed by atoms with Crippen molar-refractivity contribution in [2.75, 3.05) is 66.7 Å². The molecule has 4 aliphatic heterocycles. The summed E-state index contributed by atoms with van der Waals surface area (Å²) in [5, 5.41) is 17.5. The Morgan fingerprint density at radius 3 is 1.58 bits per heavy atom. The second-order valence-corrected chi connectivity index (χ2v) is 17.5. The molecular weight excluding hydrogens is 948 g/mol. The van der Waals surface area contributed by atoms with Gasteiger partial charge in [0.25, 0.3) is 6.47 Å². The first-order valence-electron chi connectivity index (χ1n) is 15.4. The van der Waals surface area contributed by atoms with Crippen LogP contribution in [0.25, 0.3) is 0 Å². The molecule has 0 aromatic heterocycles. The first kappa shape index (κ1) is 55.4. The molecule has 0 aromatic rings. The number of aliphatic hydroxyl groups is 1. The average molecular weight is 1000 g/mol. The molecule has 17 nitrogen and oxygen atoms in total. The molecule has 0 aliphatic carbocycles. The molecule has 0 bridgehead atoms. The standard InChI is InChI=1S/C13H25O6P.C9H16O5.C6H13O3P.CH2O3.2Cs.H/c1-13(2)18-10-9(8-16-6-7-20(4,5)14)17-12(15-3)11(10)19-13;1-9(2)13-6-5(4-10)12-8(11-3)7(6)14-9;1-4-8-10(7,6-3)9-5-2;2-1-4-3;;;/h9-12H,6-8H2,1-5H3;5-8,10H,4H2,1-3H3;6H,3-5H2,1-2H3;1,3H;;;/q;;;;2*+1;-1/p-1/t9-,10-,11-,12?;5-,6-,7-,8?;;;;;/m11...../s1. The Hall–Kier alpha value is 3.25. The predicted molar refractivity (Wildman–Crippen MR) is 171 cm³/mol. The summed E-state index contributed by atoms with van der Waals surface area (Å²) < 4.78 is 82.5. The molecule has 4 heterocycles. The van der Waals surface area contributed by atoms with E-state index in [1.807, 2.05) is 27.7 Å². The monoisotopic (exact) mass is 1000 g/mol. The van der Waals surface area contributed by atoms with Crippen LogP contribution in [0, 0.1) is 0 Å². The SMILES string of the molecule is C=CP(=O)(OCC)OCC.COC1O[C@H](CO)[C@H]2OC(C)(C)O[C@@H]12.COC1O[C@H](COCCP(C)(C)=O)[C@H]2OC(C)(C)O[C@@H]12.O=CO[O-].[Cs+].[Cs+].[H-]. The fourth-order valence-corrected chi connectivity index (χ4v) is 6.51. The van der Waals surface area contributed by atoms with E-state index in [1.165, 1.54) is 5.82 Å². The summed E-state index contributed by atoms with van der Waals surface area (Å²) in [6.07, 6.45) is -1.78. The van der Waals surface area contributed by atoms with Gasteiger partial charge in [0.15, 0.2) is 24.2 Å². The second kappa shape index (κ2) is 27.0. The number of rotatable bonds is 14. The summed E-state index contributed by atoms with van der Waals surface area (Å²) >= 11 is 0. The number of methoxy groups -OCH3 is 2. The van der Waals surface area contributed by atoms with Crippen molar-refractivity contribution in [1.82, 2.24) is 0 Å². The van der Waals surface area contributed by atoms with Gasteiger partial charge in [-0.2, -0.15) is 0 Å². The van der Waals surface area contributed by atoms with E-state index in [1.54, 1.807) is 41.4 Å². The van der Waals surface area contributed by atoms with E-state index < -0.39 is 38.9 Å². The zero-order valence-electron chi connectivity index (χ0n) is 32.6. The number of hydrogen-bond acceptors (Lipinski definition) is 17. The summed E-state index contributed by atoms with van der Waals surface area (Å²) in [6, 6.07) is 0. The van der Waals surface area contributed by atoms with Crippen molar-refractivity contribution in [3.63, 3.8) is 0 Å². The fraction of sp³-hybridized carbons (Fsp3) is 0.897. The summed E-state index contributed by atoms with van der Waals surface area (Å²) in [6.45, 7) is 19.2. The summed E-state index contributed by atoms with van der Waals surface area (Å²) in [5.74, 6) is -0.0278. The summed E-state index contributed by atoms with van der Waals surface area (Å²) in [5.41, 5.74) is 0. The van der Waals surface area contributed by atoms with Gasteiger partial charge in [0.2, 0.25) is 0 Å². The van der Waals surface area contributed by atoms with Crippen molar-refractivity contribution in [2.24, 2.45) is 0 Å². The van der Waals surface area contributed by atoms with Crippen molar-refractivity contribution >= 4 is 21.2 Å². The van der Waals surface area contributed by atoms with Crippen LogP contribution in [0.15, 0.2) is 12.4 Å². The van der Waals surface area contributed by atoms with Gasteiger partial charge in [-0.1, -0.05) is 6.58 Å². The molecule has 4 fully saturated rings. The van der Waals surface area contributed by atoms with Gasteiger partial charge in [0, 0.05) is 26.2 Å². The number of carbonyl (C=O) groups is 1. The normalized spacial score (nSPS) is 29.9. The number of fused-ring (bicyclic) bond motifs is 2. The van der Waals surface area contributed by atoms with Gasteiger partial charge in [-0.3, -0.25) is 9.36 Å². The van der Waals surface area contributed by atoms with Crippen LogP contribution >= 0.6 is 14.7 Å². The molecule has 286 valence electrons. The number of hydrogen-bond donors (Lipinski definition) is 1. The molecule has 0 aromatic carbocycles. The maximum absolute atomic E-state index is 11.6. The second-order valence-electron chi connectivity index (χ2n) is 12.0. The van der Waals surface area contributed by atoms with Crippen LogP contribution in [0.2, 0.25) is 0 Å². The van der Waals surface area contributed by atoms with Gasteiger partial charge in [-0.05, 0) is 54.9 Å². The van der Waals surface area contributed by atoms with Crippen molar-refractivity contribution in [1.29, 1.82) is 0 Å². The molecular formula is C29H56Cs2O17P2. The van der Waals surface area contributed by atoms with E-state index in [9.17, 15) is 9.13 Å². The Bertz CT molecular complexity index is 1030. The van der Waals surface area contributed by atoms with Gasteiger partial charge >= 0.3 is 145 Å². The first-order chi connectivity index (χ1) is 22.4. The number of ether oxygens (including phenoxy) is 9. The fourth-order valence-electron chi connectivity index (χ4n) is 4.93. The van der Waals surface area contributed by atoms with Crippen LogP contribution < -0.4 is 143 Å². The smallest absolute Gasteiger partial charge is 1.00 e. The largest absolute Gasteiger partial charge is 1.00 e. The van der Waals surface area contributed by atoms with Crippen LogP contribution in [-0.4, -0.2) is 139 Å². The molecule has 4 aliphatic rings. The molecule has 8 atom stereocenters.